The molecule has 1 N–H and O–H groups in total. The van der Waals surface area contributed by atoms with Crippen molar-refractivity contribution in [1.82, 2.24) is 14.7 Å². The summed E-state index contributed by atoms with van der Waals surface area (Å²) in [6, 6.07) is 0. The van der Waals surface area contributed by atoms with Crippen molar-refractivity contribution in [3.05, 3.63) is 12.2 Å². The number of piperazine rings is 1. The SMILES string of the molecule is CN1CCN(CCN2C(=O)C=CC2O)CC1. The molecule has 1 atom stereocenters. The molecule has 1 unspecified atom stereocenters. The summed E-state index contributed by atoms with van der Waals surface area (Å²) in [7, 11) is 2.12. The monoisotopic (exact) mass is 225 g/mol. The highest BCUT2D eigenvalue weighted by molar-refractivity contribution is 5.90. The number of aliphatic hydroxyl groups is 1. The van der Waals surface area contributed by atoms with Gasteiger partial charge in [0.2, 0.25) is 5.91 Å². The zero-order valence-corrected chi connectivity index (χ0v) is 9.67. The largest absolute Gasteiger partial charge is 0.370 e. The quantitative estimate of drug-likeness (QED) is 0.666. The van der Waals surface area contributed by atoms with Gasteiger partial charge < -0.3 is 14.9 Å². The van der Waals surface area contributed by atoms with Gasteiger partial charge in [0, 0.05) is 45.3 Å². The van der Waals surface area contributed by atoms with Crippen molar-refractivity contribution in [3.8, 4) is 0 Å². The van der Waals surface area contributed by atoms with Crippen molar-refractivity contribution >= 4 is 5.91 Å². The van der Waals surface area contributed by atoms with Gasteiger partial charge in [0.25, 0.3) is 0 Å². The normalized spacial score (nSPS) is 28.0. The molecule has 0 bridgehead atoms. The Balaban J connectivity index is 1.73. The maximum atomic E-state index is 11.4. The highest BCUT2D eigenvalue weighted by Crippen LogP contribution is 2.08. The molecule has 0 aromatic heterocycles. The van der Waals surface area contributed by atoms with Crippen LogP contribution in [-0.4, -0.2) is 78.3 Å². The molecule has 0 aromatic carbocycles. The molecule has 1 fully saturated rings. The molecule has 2 heterocycles. The van der Waals surface area contributed by atoms with Crippen LogP contribution < -0.4 is 0 Å². The third kappa shape index (κ3) is 2.61. The minimum Gasteiger partial charge on any atom is -0.370 e. The molecule has 1 saturated heterocycles. The third-order valence-electron chi connectivity index (χ3n) is 3.27. The van der Waals surface area contributed by atoms with Crippen molar-refractivity contribution in [2.75, 3.05) is 46.3 Å². The van der Waals surface area contributed by atoms with Gasteiger partial charge in [-0.1, -0.05) is 0 Å². The van der Waals surface area contributed by atoms with E-state index in [0.717, 1.165) is 32.7 Å². The number of nitrogens with zero attached hydrogens (tertiary/aromatic N) is 3. The Morgan fingerprint density at radius 2 is 2.00 bits per heavy atom. The number of aliphatic hydroxyl groups excluding tert-OH is 1. The highest BCUT2D eigenvalue weighted by Gasteiger charge is 2.24. The Labute approximate surface area is 95.9 Å². The predicted octanol–water partition coefficient (Wildman–Crippen LogP) is -1.05. The third-order valence-corrected chi connectivity index (χ3v) is 3.27. The average molecular weight is 225 g/mol. The van der Waals surface area contributed by atoms with E-state index in [2.05, 4.69) is 16.8 Å². The molecular weight excluding hydrogens is 206 g/mol. The van der Waals surface area contributed by atoms with Crippen molar-refractivity contribution in [2.45, 2.75) is 6.23 Å². The number of carbonyl (C=O) groups excluding carboxylic acids is 1. The van der Waals surface area contributed by atoms with E-state index >= 15 is 0 Å². The molecule has 5 heteroatoms. The summed E-state index contributed by atoms with van der Waals surface area (Å²) >= 11 is 0. The van der Waals surface area contributed by atoms with Crippen LogP contribution >= 0.6 is 0 Å². The predicted molar refractivity (Wildman–Crippen MR) is 60.8 cm³/mol. The van der Waals surface area contributed by atoms with E-state index in [4.69, 9.17) is 0 Å². The first kappa shape index (κ1) is 11.6. The minimum atomic E-state index is -0.722. The summed E-state index contributed by atoms with van der Waals surface area (Å²) < 4.78 is 0. The van der Waals surface area contributed by atoms with Crippen LogP contribution in [0.15, 0.2) is 12.2 Å². The molecule has 16 heavy (non-hydrogen) atoms. The molecule has 0 spiro atoms. The van der Waals surface area contributed by atoms with Crippen molar-refractivity contribution in [3.63, 3.8) is 0 Å². The Morgan fingerprint density at radius 3 is 2.56 bits per heavy atom. The summed E-state index contributed by atoms with van der Waals surface area (Å²) in [6.45, 7) is 5.70. The summed E-state index contributed by atoms with van der Waals surface area (Å²) in [5.41, 5.74) is 0. The zero-order valence-electron chi connectivity index (χ0n) is 9.67. The number of amides is 1. The van der Waals surface area contributed by atoms with Gasteiger partial charge in [-0.05, 0) is 13.1 Å². The molecule has 2 aliphatic rings. The number of hydrogen-bond acceptors (Lipinski definition) is 4. The average Bonchev–Trinajstić information content (AvgIpc) is 2.59. The van der Waals surface area contributed by atoms with E-state index in [0.29, 0.717) is 6.54 Å². The molecule has 5 nitrogen and oxygen atoms in total. The molecule has 0 aromatic rings. The van der Waals surface area contributed by atoms with Gasteiger partial charge in [-0.15, -0.1) is 0 Å². The lowest BCUT2D eigenvalue weighted by molar-refractivity contribution is -0.131. The molecule has 1 amide bonds. The van der Waals surface area contributed by atoms with Crippen LogP contribution in [0.4, 0.5) is 0 Å². The van der Waals surface area contributed by atoms with Gasteiger partial charge in [-0.25, -0.2) is 0 Å². The first-order valence-corrected chi connectivity index (χ1v) is 5.74. The molecule has 0 radical (unpaired) electrons. The molecule has 90 valence electrons. The lowest BCUT2D eigenvalue weighted by Gasteiger charge is -2.33. The van der Waals surface area contributed by atoms with E-state index < -0.39 is 6.23 Å². The number of hydrogen-bond donors (Lipinski definition) is 1. The van der Waals surface area contributed by atoms with Crippen LogP contribution in [0.5, 0.6) is 0 Å². The van der Waals surface area contributed by atoms with Gasteiger partial charge in [0.05, 0.1) is 0 Å². The van der Waals surface area contributed by atoms with E-state index in [1.54, 1.807) is 0 Å². The highest BCUT2D eigenvalue weighted by atomic mass is 16.3. The zero-order chi connectivity index (χ0) is 11.5. The maximum absolute atomic E-state index is 11.4. The van der Waals surface area contributed by atoms with E-state index in [1.807, 2.05) is 0 Å². The molecule has 0 saturated carbocycles. The lowest BCUT2D eigenvalue weighted by atomic mass is 10.3. The van der Waals surface area contributed by atoms with E-state index in [-0.39, 0.29) is 5.91 Å². The van der Waals surface area contributed by atoms with Crippen LogP contribution in [0.1, 0.15) is 0 Å². The second kappa shape index (κ2) is 4.95. The summed E-state index contributed by atoms with van der Waals surface area (Å²) in [6.07, 6.45) is 2.25. The Hall–Kier alpha value is -0.910. The fourth-order valence-electron chi connectivity index (χ4n) is 2.06. The van der Waals surface area contributed by atoms with Crippen LogP contribution in [0.25, 0.3) is 0 Å². The maximum Gasteiger partial charge on any atom is 0.248 e. The van der Waals surface area contributed by atoms with Gasteiger partial charge in [0.15, 0.2) is 0 Å². The van der Waals surface area contributed by atoms with Gasteiger partial charge in [-0.3, -0.25) is 9.69 Å². The topological polar surface area (TPSA) is 47.0 Å². The van der Waals surface area contributed by atoms with Gasteiger partial charge in [-0.2, -0.15) is 0 Å². The van der Waals surface area contributed by atoms with Gasteiger partial charge >= 0.3 is 0 Å². The summed E-state index contributed by atoms with van der Waals surface area (Å²) in [5, 5.41) is 9.52. The van der Waals surface area contributed by atoms with E-state index in [1.165, 1.54) is 17.1 Å². The van der Waals surface area contributed by atoms with E-state index in [9.17, 15) is 9.90 Å². The molecular formula is C11H19N3O2. The Bertz CT molecular complexity index is 285. The lowest BCUT2D eigenvalue weighted by Crippen LogP contribution is -2.48. The van der Waals surface area contributed by atoms with Crippen LogP contribution in [0.3, 0.4) is 0 Å². The molecule has 0 aliphatic carbocycles. The fraction of sp³-hybridized carbons (Fsp3) is 0.727. The van der Waals surface area contributed by atoms with Gasteiger partial charge in [0.1, 0.15) is 6.23 Å². The number of carbonyl (C=O) groups is 1. The van der Waals surface area contributed by atoms with Crippen molar-refractivity contribution in [1.29, 1.82) is 0 Å². The standard InChI is InChI=1S/C11H19N3O2/c1-12-4-6-13(7-5-12)8-9-14-10(15)2-3-11(14)16/h2-3,10,15H,4-9H2,1H3. The van der Waals surface area contributed by atoms with Crippen molar-refractivity contribution < 1.29 is 9.90 Å². The molecule has 2 aliphatic heterocycles. The first-order chi connectivity index (χ1) is 7.66. The fourth-order valence-corrected chi connectivity index (χ4v) is 2.06. The number of rotatable bonds is 3. The minimum absolute atomic E-state index is 0.0818. The second-order valence-electron chi connectivity index (χ2n) is 4.45. The summed E-state index contributed by atoms with van der Waals surface area (Å²) in [5.74, 6) is -0.0818. The Morgan fingerprint density at radius 1 is 1.31 bits per heavy atom. The second-order valence-corrected chi connectivity index (χ2v) is 4.45. The smallest absolute Gasteiger partial charge is 0.248 e. The Kier molecular flexibility index (Phi) is 3.58. The number of likely N-dealkylation sites (N-methyl/N-ethyl adjacent to an activating group) is 1. The summed E-state index contributed by atoms with van der Waals surface area (Å²) in [4.78, 5) is 17.5. The molecule has 2 rings (SSSR count). The van der Waals surface area contributed by atoms with Crippen LogP contribution in [0.2, 0.25) is 0 Å². The van der Waals surface area contributed by atoms with Crippen LogP contribution in [-0.2, 0) is 4.79 Å². The van der Waals surface area contributed by atoms with Crippen LogP contribution in [0, 0.1) is 0 Å². The first-order valence-electron chi connectivity index (χ1n) is 5.74. The van der Waals surface area contributed by atoms with Crippen molar-refractivity contribution in [2.24, 2.45) is 0 Å².